The molecule has 88 valence electrons. The van der Waals surface area contributed by atoms with Crippen LogP contribution in [0.5, 0.6) is 0 Å². The number of carbonyl (C=O) groups is 2. The first-order chi connectivity index (χ1) is 7.63. The molecular weight excluding hydrogens is 316 g/mol. The van der Waals surface area contributed by atoms with Crippen molar-refractivity contribution in [1.82, 2.24) is 10.6 Å². The Balaban J connectivity index is 2.31. The van der Waals surface area contributed by atoms with E-state index < -0.39 is 6.03 Å². The first-order valence-corrected chi connectivity index (χ1v) is 6.69. The van der Waals surface area contributed by atoms with Crippen LogP contribution in [-0.2, 0) is 11.3 Å². The molecule has 1 aromatic rings. The standard InChI is InChI=1S/C9H10BrClN2O2S/c10-6-2-4-16-7(6)5-12-9(15)13-8(14)1-3-11/h2,4H,1,3,5H2,(H2,12,13,14,15). The van der Waals surface area contributed by atoms with Gasteiger partial charge in [0.05, 0.1) is 6.54 Å². The van der Waals surface area contributed by atoms with Gasteiger partial charge in [-0.05, 0) is 27.4 Å². The number of imide groups is 1. The Kier molecular flexibility index (Phi) is 5.79. The molecule has 2 N–H and O–H groups in total. The van der Waals surface area contributed by atoms with Gasteiger partial charge in [-0.15, -0.1) is 22.9 Å². The van der Waals surface area contributed by atoms with Crippen LogP contribution in [0.25, 0.3) is 0 Å². The number of urea groups is 1. The lowest BCUT2D eigenvalue weighted by Crippen LogP contribution is -2.39. The maximum absolute atomic E-state index is 11.2. The predicted molar refractivity (Wildman–Crippen MR) is 67.7 cm³/mol. The second-order valence-corrected chi connectivity index (χ2v) is 5.09. The summed E-state index contributed by atoms with van der Waals surface area (Å²) in [4.78, 5) is 23.3. The summed E-state index contributed by atoms with van der Waals surface area (Å²) < 4.78 is 0.949. The van der Waals surface area contributed by atoms with E-state index in [1.54, 1.807) is 0 Å². The third-order valence-electron chi connectivity index (χ3n) is 1.68. The average Bonchev–Trinajstić information content (AvgIpc) is 2.61. The number of carbonyl (C=O) groups excluding carboxylic acids is 2. The molecule has 0 fully saturated rings. The van der Waals surface area contributed by atoms with Gasteiger partial charge in [0.2, 0.25) is 5.91 Å². The number of alkyl halides is 1. The van der Waals surface area contributed by atoms with E-state index in [0.717, 1.165) is 9.35 Å². The lowest BCUT2D eigenvalue weighted by molar-refractivity contribution is -0.119. The van der Waals surface area contributed by atoms with Crippen LogP contribution in [-0.4, -0.2) is 17.8 Å². The molecule has 0 aromatic carbocycles. The first kappa shape index (κ1) is 13.5. The van der Waals surface area contributed by atoms with Gasteiger partial charge in [-0.2, -0.15) is 0 Å². The molecule has 0 aliphatic carbocycles. The zero-order chi connectivity index (χ0) is 12.0. The normalized spacial score (nSPS) is 9.88. The third kappa shape index (κ3) is 4.51. The maximum atomic E-state index is 11.2. The lowest BCUT2D eigenvalue weighted by Gasteiger charge is -2.05. The molecule has 0 saturated heterocycles. The van der Waals surface area contributed by atoms with Crippen molar-refractivity contribution in [1.29, 1.82) is 0 Å². The van der Waals surface area contributed by atoms with E-state index in [4.69, 9.17) is 11.6 Å². The van der Waals surface area contributed by atoms with Crippen molar-refractivity contribution in [2.45, 2.75) is 13.0 Å². The van der Waals surface area contributed by atoms with Crippen molar-refractivity contribution in [3.8, 4) is 0 Å². The third-order valence-corrected chi connectivity index (χ3v) is 3.79. The largest absolute Gasteiger partial charge is 0.333 e. The van der Waals surface area contributed by atoms with Gasteiger partial charge in [-0.3, -0.25) is 10.1 Å². The fourth-order valence-corrected chi connectivity index (χ4v) is 2.53. The molecule has 1 aromatic heterocycles. The van der Waals surface area contributed by atoms with E-state index in [0.29, 0.717) is 6.54 Å². The van der Waals surface area contributed by atoms with Crippen LogP contribution in [0.2, 0.25) is 0 Å². The van der Waals surface area contributed by atoms with E-state index in [-0.39, 0.29) is 18.2 Å². The Bertz CT molecular complexity index is 383. The number of hydrogen-bond donors (Lipinski definition) is 2. The van der Waals surface area contributed by atoms with Crippen LogP contribution in [0.1, 0.15) is 11.3 Å². The van der Waals surface area contributed by atoms with Crippen LogP contribution in [0.3, 0.4) is 0 Å². The van der Waals surface area contributed by atoms with Crippen LogP contribution in [0.15, 0.2) is 15.9 Å². The number of rotatable bonds is 4. The van der Waals surface area contributed by atoms with Crippen molar-refractivity contribution in [3.05, 3.63) is 20.8 Å². The highest BCUT2D eigenvalue weighted by Gasteiger charge is 2.07. The second-order valence-electron chi connectivity index (χ2n) is 2.86. The SMILES string of the molecule is O=C(CCCl)NC(=O)NCc1sccc1Br. The maximum Gasteiger partial charge on any atom is 0.321 e. The highest BCUT2D eigenvalue weighted by Crippen LogP contribution is 2.21. The molecule has 0 radical (unpaired) electrons. The Morgan fingerprint density at radius 2 is 2.25 bits per heavy atom. The zero-order valence-electron chi connectivity index (χ0n) is 8.26. The summed E-state index contributed by atoms with van der Waals surface area (Å²) in [5.74, 6) is -0.173. The van der Waals surface area contributed by atoms with Gasteiger partial charge in [0.25, 0.3) is 0 Å². The van der Waals surface area contributed by atoms with Crippen LogP contribution in [0, 0.1) is 0 Å². The fourth-order valence-electron chi connectivity index (χ4n) is 0.931. The number of thiophene rings is 1. The predicted octanol–water partition coefficient (Wildman–Crippen LogP) is 2.47. The molecule has 0 bridgehead atoms. The minimum atomic E-state index is -0.504. The van der Waals surface area contributed by atoms with Gasteiger partial charge in [0.15, 0.2) is 0 Å². The summed E-state index contributed by atoms with van der Waals surface area (Å²) >= 11 is 10.2. The number of nitrogens with one attached hydrogen (secondary N) is 2. The summed E-state index contributed by atoms with van der Waals surface area (Å²) in [6.07, 6.45) is 0.137. The van der Waals surface area contributed by atoms with E-state index >= 15 is 0 Å². The molecule has 0 saturated carbocycles. The number of halogens is 2. The first-order valence-electron chi connectivity index (χ1n) is 4.49. The quantitative estimate of drug-likeness (QED) is 0.836. The molecule has 4 nitrogen and oxygen atoms in total. The van der Waals surface area contributed by atoms with Gasteiger partial charge < -0.3 is 5.32 Å². The highest BCUT2D eigenvalue weighted by molar-refractivity contribution is 9.10. The van der Waals surface area contributed by atoms with Gasteiger partial charge in [-0.25, -0.2) is 4.79 Å². The molecule has 16 heavy (non-hydrogen) atoms. The van der Waals surface area contributed by atoms with Crippen LogP contribution in [0.4, 0.5) is 4.79 Å². The number of amides is 3. The average molecular weight is 326 g/mol. The van der Waals surface area contributed by atoms with Crippen molar-refractivity contribution >= 4 is 50.8 Å². The molecule has 0 spiro atoms. The molecular formula is C9H10BrClN2O2S. The fraction of sp³-hybridized carbons (Fsp3) is 0.333. The topological polar surface area (TPSA) is 58.2 Å². The van der Waals surface area contributed by atoms with E-state index in [9.17, 15) is 9.59 Å². The molecule has 0 aliphatic rings. The van der Waals surface area contributed by atoms with E-state index in [1.165, 1.54) is 11.3 Å². The summed E-state index contributed by atoms with van der Waals surface area (Å²) in [7, 11) is 0. The molecule has 0 aliphatic heterocycles. The Hall–Kier alpha value is -0.590. The minimum absolute atomic E-state index is 0.137. The second kappa shape index (κ2) is 6.88. The zero-order valence-corrected chi connectivity index (χ0v) is 11.4. The van der Waals surface area contributed by atoms with Crippen molar-refractivity contribution in [2.75, 3.05) is 5.88 Å². The molecule has 0 atom stereocenters. The lowest BCUT2D eigenvalue weighted by atomic mass is 10.4. The summed E-state index contributed by atoms with van der Waals surface area (Å²) in [5, 5.41) is 6.67. The molecule has 3 amide bonds. The van der Waals surface area contributed by atoms with Gasteiger partial charge in [0.1, 0.15) is 0 Å². The van der Waals surface area contributed by atoms with E-state index in [2.05, 4.69) is 26.6 Å². The molecule has 0 unspecified atom stereocenters. The molecule has 1 rings (SSSR count). The highest BCUT2D eigenvalue weighted by atomic mass is 79.9. The monoisotopic (exact) mass is 324 g/mol. The number of hydrogen-bond acceptors (Lipinski definition) is 3. The Labute approximate surface area is 110 Å². The summed E-state index contributed by atoms with van der Waals surface area (Å²) in [6, 6.07) is 1.40. The smallest absolute Gasteiger partial charge is 0.321 e. The summed E-state index contributed by atoms with van der Waals surface area (Å²) in [6.45, 7) is 0.387. The Morgan fingerprint density at radius 1 is 1.50 bits per heavy atom. The van der Waals surface area contributed by atoms with Crippen LogP contribution >= 0.6 is 38.9 Å². The Morgan fingerprint density at radius 3 is 2.81 bits per heavy atom. The van der Waals surface area contributed by atoms with Gasteiger partial charge in [0, 0.05) is 21.7 Å². The summed E-state index contributed by atoms with van der Waals surface area (Å²) in [5.41, 5.74) is 0. The molecule has 1 heterocycles. The van der Waals surface area contributed by atoms with Crippen LogP contribution < -0.4 is 10.6 Å². The van der Waals surface area contributed by atoms with Gasteiger partial charge in [-0.1, -0.05) is 0 Å². The van der Waals surface area contributed by atoms with Crippen molar-refractivity contribution < 1.29 is 9.59 Å². The van der Waals surface area contributed by atoms with Gasteiger partial charge >= 0.3 is 6.03 Å². The minimum Gasteiger partial charge on any atom is -0.333 e. The van der Waals surface area contributed by atoms with Crippen molar-refractivity contribution in [2.24, 2.45) is 0 Å². The van der Waals surface area contributed by atoms with E-state index in [1.807, 2.05) is 11.4 Å². The molecule has 7 heteroatoms. The van der Waals surface area contributed by atoms with Crippen molar-refractivity contribution in [3.63, 3.8) is 0 Å².